The van der Waals surface area contributed by atoms with Crippen molar-refractivity contribution in [1.29, 1.82) is 0 Å². The Morgan fingerprint density at radius 3 is 2.17 bits per heavy atom. The topological polar surface area (TPSA) is 20.2 Å². The van der Waals surface area contributed by atoms with Crippen molar-refractivity contribution >= 4 is 0 Å². The highest BCUT2D eigenvalue weighted by molar-refractivity contribution is 5.43. The number of halogens is 1. The Labute approximate surface area is 145 Å². The molecule has 2 heteroatoms. The molecule has 0 fully saturated rings. The molecule has 0 heterocycles. The second-order valence-electron chi connectivity index (χ2n) is 8.52. The molecular formula is C22H29FO. The quantitative estimate of drug-likeness (QED) is 0.736. The van der Waals surface area contributed by atoms with E-state index < -0.39 is 0 Å². The number of phenols is 1. The lowest BCUT2D eigenvalue weighted by Gasteiger charge is -2.29. The second-order valence-corrected chi connectivity index (χ2v) is 8.52. The molecule has 2 aromatic carbocycles. The predicted molar refractivity (Wildman–Crippen MR) is 99.4 cm³/mol. The first-order valence-corrected chi connectivity index (χ1v) is 8.52. The van der Waals surface area contributed by atoms with Crippen LogP contribution in [0, 0.1) is 19.7 Å². The fourth-order valence-corrected chi connectivity index (χ4v) is 3.40. The highest BCUT2D eigenvalue weighted by atomic mass is 19.1. The summed E-state index contributed by atoms with van der Waals surface area (Å²) < 4.78 is 15.1. The lowest BCUT2D eigenvalue weighted by molar-refractivity contribution is 0.448. The molecule has 1 N–H and O–H groups in total. The molecular weight excluding hydrogens is 299 g/mol. The van der Waals surface area contributed by atoms with E-state index in [-0.39, 0.29) is 22.4 Å². The van der Waals surface area contributed by atoms with Gasteiger partial charge < -0.3 is 5.11 Å². The summed E-state index contributed by atoms with van der Waals surface area (Å²) in [6.07, 6.45) is 0.542. The molecule has 0 aromatic heterocycles. The summed E-state index contributed by atoms with van der Waals surface area (Å²) in [5, 5.41) is 10.1. The Hall–Kier alpha value is -1.83. The molecule has 0 atom stereocenters. The van der Waals surface area contributed by atoms with Gasteiger partial charge in [-0.2, -0.15) is 0 Å². The van der Waals surface area contributed by atoms with E-state index in [0.29, 0.717) is 17.5 Å². The van der Waals surface area contributed by atoms with Crippen molar-refractivity contribution < 1.29 is 9.50 Å². The predicted octanol–water partition coefficient (Wildman–Crippen LogP) is 5.97. The van der Waals surface area contributed by atoms with Gasteiger partial charge in [-0.1, -0.05) is 52.8 Å². The molecule has 2 aromatic rings. The first-order chi connectivity index (χ1) is 10.9. The molecule has 0 saturated carbocycles. The van der Waals surface area contributed by atoms with Crippen molar-refractivity contribution in [2.24, 2.45) is 0 Å². The molecule has 0 radical (unpaired) electrons. The Bertz CT molecular complexity index is 751. The SMILES string of the molecule is Cc1cccc(C(C)(C)Cc2cc(O)cc(C(C)(C)C)c2F)c1C. The van der Waals surface area contributed by atoms with Gasteiger partial charge in [-0.3, -0.25) is 0 Å². The van der Waals surface area contributed by atoms with Crippen LogP contribution < -0.4 is 0 Å². The lowest BCUT2D eigenvalue weighted by Crippen LogP contribution is -2.24. The maximum atomic E-state index is 15.1. The Balaban J connectivity index is 2.51. The van der Waals surface area contributed by atoms with E-state index in [1.54, 1.807) is 12.1 Å². The van der Waals surface area contributed by atoms with Crippen LogP contribution in [0.2, 0.25) is 0 Å². The van der Waals surface area contributed by atoms with Gasteiger partial charge in [0.25, 0.3) is 0 Å². The first-order valence-electron chi connectivity index (χ1n) is 8.52. The monoisotopic (exact) mass is 328 g/mol. The van der Waals surface area contributed by atoms with Gasteiger partial charge in [-0.25, -0.2) is 4.39 Å². The summed E-state index contributed by atoms with van der Waals surface area (Å²) in [5.74, 6) is -0.0632. The molecule has 0 amide bonds. The van der Waals surface area contributed by atoms with Crippen molar-refractivity contribution in [3.8, 4) is 5.75 Å². The summed E-state index contributed by atoms with van der Waals surface area (Å²) in [6, 6.07) is 9.38. The van der Waals surface area contributed by atoms with E-state index >= 15 is 4.39 Å². The average molecular weight is 328 g/mol. The van der Waals surface area contributed by atoms with E-state index in [1.165, 1.54) is 16.7 Å². The molecule has 0 saturated heterocycles. The summed E-state index contributed by atoms with van der Waals surface area (Å²) in [4.78, 5) is 0. The van der Waals surface area contributed by atoms with E-state index in [2.05, 4.69) is 45.9 Å². The summed E-state index contributed by atoms with van der Waals surface area (Å²) in [7, 11) is 0. The summed E-state index contributed by atoms with van der Waals surface area (Å²) >= 11 is 0. The van der Waals surface area contributed by atoms with E-state index in [1.807, 2.05) is 20.8 Å². The van der Waals surface area contributed by atoms with E-state index in [0.717, 1.165) is 0 Å². The molecule has 130 valence electrons. The zero-order valence-corrected chi connectivity index (χ0v) is 15.9. The van der Waals surface area contributed by atoms with Gasteiger partial charge in [0.15, 0.2) is 0 Å². The highest BCUT2D eigenvalue weighted by Gasteiger charge is 2.28. The van der Waals surface area contributed by atoms with Crippen molar-refractivity contribution in [2.45, 2.75) is 65.7 Å². The van der Waals surface area contributed by atoms with Crippen molar-refractivity contribution in [1.82, 2.24) is 0 Å². The third-order valence-electron chi connectivity index (χ3n) is 4.91. The number of hydrogen-bond donors (Lipinski definition) is 1. The lowest BCUT2D eigenvalue weighted by atomic mass is 9.75. The third-order valence-corrected chi connectivity index (χ3v) is 4.91. The average Bonchev–Trinajstić information content (AvgIpc) is 2.43. The third kappa shape index (κ3) is 3.63. The van der Waals surface area contributed by atoms with Crippen molar-refractivity contribution in [3.05, 3.63) is 64.0 Å². The number of aryl methyl sites for hydroxylation is 1. The van der Waals surface area contributed by atoms with Gasteiger partial charge in [0.2, 0.25) is 0 Å². The van der Waals surface area contributed by atoms with E-state index in [9.17, 15) is 5.11 Å². The van der Waals surface area contributed by atoms with Crippen LogP contribution in [0.25, 0.3) is 0 Å². The molecule has 1 nitrogen and oxygen atoms in total. The van der Waals surface area contributed by atoms with E-state index in [4.69, 9.17) is 0 Å². The molecule has 0 bridgehead atoms. The number of benzene rings is 2. The van der Waals surface area contributed by atoms with Crippen LogP contribution in [-0.4, -0.2) is 5.11 Å². The van der Waals surface area contributed by atoms with Crippen LogP contribution in [0.15, 0.2) is 30.3 Å². The van der Waals surface area contributed by atoms with Gasteiger partial charge >= 0.3 is 0 Å². The van der Waals surface area contributed by atoms with Crippen LogP contribution >= 0.6 is 0 Å². The highest BCUT2D eigenvalue weighted by Crippen LogP contribution is 2.36. The Morgan fingerprint density at radius 1 is 0.958 bits per heavy atom. The molecule has 2 rings (SSSR count). The minimum absolute atomic E-state index is 0.132. The van der Waals surface area contributed by atoms with Gasteiger partial charge in [0.1, 0.15) is 11.6 Å². The maximum Gasteiger partial charge on any atom is 0.130 e. The minimum atomic E-state index is -0.346. The standard InChI is InChI=1S/C22H29FO/c1-14-9-8-10-18(15(14)2)22(6,7)13-16-11-17(24)12-19(20(16)23)21(3,4)5/h8-12,24H,13H2,1-7H3. The largest absolute Gasteiger partial charge is 0.508 e. The van der Waals surface area contributed by atoms with Gasteiger partial charge in [0, 0.05) is 0 Å². The van der Waals surface area contributed by atoms with Crippen LogP contribution in [0.4, 0.5) is 4.39 Å². The van der Waals surface area contributed by atoms with Crippen molar-refractivity contribution in [2.75, 3.05) is 0 Å². The molecule has 24 heavy (non-hydrogen) atoms. The normalized spacial score (nSPS) is 12.5. The van der Waals surface area contributed by atoms with Crippen LogP contribution in [-0.2, 0) is 17.3 Å². The zero-order valence-electron chi connectivity index (χ0n) is 15.9. The van der Waals surface area contributed by atoms with Gasteiger partial charge in [-0.05, 0) is 71.0 Å². The molecule has 0 aliphatic heterocycles. The number of phenolic OH excluding ortho intramolecular Hbond substituents is 1. The van der Waals surface area contributed by atoms with Crippen molar-refractivity contribution in [3.63, 3.8) is 0 Å². The molecule has 0 aliphatic carbocycles. The Kier molecular flexibility index (Phi) is 4.81. The molecule has 0 aliphatic rings. The van der Waals surface area contributed by atoms with Gasteiger partial charge in [-0.15, -0.1) is 0 Å². The fourth-order valence-electron chi connectivity index (χ4n) is 3.40. The number of rotatable bonds is 3. The Morgan fingerprint density at radius 2 is 1.58 bits per heavy atom. The zero-order chi connectivity index (χ0) is 18.3. The van der Waals surface area contributed by atoms with Gasteiger partial charge in [0.05, 0.1) is 0 Å². The summed E-state index contributed by atoms with van der Waals surface area (Å²) in [5.41, 5.74) is 4.29. The fraction of sp³-hybridized carbons (Fsp3) is 0.455. The second kappa shape index (κ2) is 6.23. The number of aromatic hydroxyl groups is 1. The molecule has 0 spiro atoms. The first kappa shape index (κ1) is 18.5. The van der Waals surface area contributed by atoms with Crippen LogP contribution in [0.5, 0.6) is 5.75 Å². The number of hydrogen-bond acceptors (Lipinski definition) is 1. The molecule has 0 unspecified atom stereocenters. The van der Waals surface area contributed by atoms with Crippen LogP contribution in [0.3, 0.4) is 0 Å². The minimum Gasteiger partial charge on any atom is -0.508 e. The van der Waals surface area contributed by atoms with Crippen LogP contribution in [0.1, 0.15) is 62.4 Å². The maximum absolute atomic E-state index is 15.1. The smallest absolute Gasteiger partial charge is 0.130 e. The summed E-state index contributed by atoms with van der Waals surface area (Å²) in [6.45, 7) is 14.4.